The minimum atomic E-state index is -0.0137. The summed E-state index contributed by atoms with van der Waals surface area (Å²) in [4.78, 5) is 14.9. The first-order valence-corrected chi connectivity index (χ1v) is 8.89. The number of likely N-dealkylation sites (tertiary alicyclic amines) is 1. The summed E-state index contributed by atoms with van der Waals surface area (Å²) in [6, 6.07) is 15.5. The van der Waals surface area contributed by atoms with Crippen LogP contribution in [0.2, 0.25) is 10.0 Å². The van der Waals surface area contributed by atoms with Crippen molar-refractivity contribution in [3.05, 3.63) is 64.1 Å². The molecule has 1 amide bonds. The normalized spacial score (nSPS) is 18.3. The molecule has 2 aromatic carbocycles. The lowest BCUT2D eigenvalue weighted by atomic mass is 9.96. The highest BCUT2D eigenvalue weighted by molar-refractivity contribution is 6.35. The monoisotopic (exact) mass is 362 g/mol. The first-order chi connectivity index (χ1) is 11.6. The molecule has 1 fully saturated rings. The van der Waals surface area contributed by atoms with Crippen LogP contribution < -0.4 is 5.32 Å². The third-order valence-electron chi connectivity index (χ3n) is 4.26. The van der Waals surface area contributed by atoms with Gasteiger partial charge in [0.15, 0.2) is 0 Å². The molecule has 0 aliphatic carbocycles. The predicted molar refractivity (Wildman–Crippen MR) is 99.5 cm³/mol. The molecule has 3 nitrogen and oxygen atoms in total. The van der Waals surface area contributed by atoms with E-state index in [9.17, 15) is 4.79 Å². The van der Waals surface area contributed by atoms with Crippen molar-refractivity contribution in [3.63, 3.8) is 0 Å². The van der Waals surface area contributed by atoms with Gasteiger partial charge < -0.3 is 5.32 Å². The maximum atomic E-state index is 12.6. The fraction of sp³-hybridized carbons (Fsp3) is 0.316. The molecule has 1 heterocycles. The second-order valence-corrected chi connectivity index (χ2v) is 7.08. The highest BCUT2D eigenvalue weighted by Gasteiger charge is 2.25. The number of anilines is 1. The quantitative estimate of drug-likeness (QED) is 0.843. The van der Waals surface area contributed by atoms with Gasteiger partial charge in [-0.3, -0.25) is 9.69 Å². The maximum absolute atomic E-state index is 12.6. The number of piperidine rings is 1. The van der Waals surface area contributed by atoms with Crippen molar-refractivity contribution in [2.24, 2.45) is 5.92 Å². The van der Waals surface area contributed by atoms with Crippen molar-refractivity contribution in [2.75, 3.05) is 18.4 Å². The van der Waals surface area contributed by atoms with Gasteiger partial charge in [0, 0.05) is 28.8 Å². The Morgan fingerprint density at radius 3 is 2.54 bits per heavy atom. The number of rotatable bonds is 4. The Morgan fingerprint density at radius 2 is 1.83 bits per heavy atom. The molecule has 3 rings (SSSR count). The fourth-order valence-electron chi connectivity index (χ4n) is 3.13. The SMILES string of the molecule is O=C(Nc1cc(Cl)cc(Cl)c1)C1CCCN(Cc2ccccc2)C1. The average molecular weight is 363 g/mol. The van der Waals surface area contributed by atoms with E-state index in [1.807, 2.05) is 18.2 Å². The molecule has 126 valence electrons. The zero-order chi connectivity index (χ0) is 16.9. The summed E-state index contributed by atoms with van der Waals surface area (Å²) < 4.78 is 0. The van der Waals surface area contributed by atoms with Crippen molar-refractivity contribution in [1.29, 1.82) is 0 Å². The second-order valence-electron chi connectivity index (χ2n) is 6.21. The number of amides is 1. The number of carbonyl (C=O) groups is 1. The lowest BCUT2D eigenvalue weighted by Crippen LogP contribution is -2.40. The van der Waals surface area contributed by atoms with Crippen LogP contribution in [0.3, 0.4) is 0 Å². The highest BCUT2D eigenvalue weighted by Crippen LogP contribution is 2.24. The number of halogens is 2. The molecule has 1 saturated heterocycles. The van der Waals surface area contributed by atoms with Crippen LogP contribution in [0, 0.1) is 5.92 Å². The van der Waals surface area contributed by atoms with E-state index < -0.39 is 0 Å². The third-order valence-corrected chi connectivity index (χ3v) is 4.69. The van der Waals surface area contributed by atoms with Gasteiger partial charge in [-0.2, -0.15) is 0 Å². The van der Waals surface area contributed by atoms with Gasteiger partial charge in [-0.15, -0.1) is 0 Å². The van der Waals surface area contributed by atoms with Crippen LogP contribution in [0.25, 0.3) is 0 Å². The molecule has 1 aliphatic heterocycles. The van der Waals surface area contributed by atoms with Gasteiger partial charge in [0.05, 0.1) is 5.92 Å². The highest BCUT2D eigenvalue weighted by atomic mass is 35.5. The van der Waals surface area contributed by atoms with E-state index in [0.29, 0.717) is 15.7 Å². The third kappa shape index (κ3) is 4.73. The number of nitrogens with one attached hydrogen (secondary N) is 1. The summed E-state index contributed by atoms with van der Waals surface area (Å²) in [6.45, 7) is 2.68. The van der Waals surface area contributed by atoms with Gasteiger partial charge in [-0.05, 0) is 43.1 Å². The van der Waals surface area contributed by atoms with Crippen LogP contribution in [0.5, 0.6) is 0 Å². The average Bonchev–Trinajstić information content (AvgIpc) is 2.55. The van der Waals surface area contributed by atoms with Crippen molar-refractivity contribution in [1.82, 2.24) is 4.90 Å². The predicted octanol–water partition coefficient (Wildman–Crippen LogP) is 4.84. The van der Waals surface area contributed by atoms with E-state index in [0.717, 1.165) is 32.5 Å². The summed E-state index contributed by atoms with van der Waals surface area (Å²) in [6.07, 6.45) is 1.94. The Labute approximate surface area is 152 Å². The minimum Gasteiger partial charge on any atom is -0.326 e. The molecule has 0 saturated carbocycles. The van der Waals surface area contributed by atoms with E-state index in [2.05, 4.69) is 22.3 Å². The van der Waals surface area contributed by atoms with Crippen LogP contribution in [-0.4, -0.2) is 23.9 Å². The summed E-state index contributed by atoms with van der Waals surface area (Å²) in [7, 11) is 0. The first-order valence-electron chi connectivity index (χ1n) is 8.13. The number of benzene rings is 2. The van der Waals surface area contributed by atoms with Gasteiger partial charge in [-0.1, -0.05) is 53.5 Å². The molecular formula is C19H20Cl2N2O. The fourth-order valence-corrected chi connectivity index (χ4v) is 3.65. The van der Waals surface area contributed by atoms with Crippen LogP contribution in [-0.2, 0) is 11.3 Å². The molecular weight excluding hydrogens is 343 g/mol. The van der Waals surface area contributed by atoms with Crippen molar-refractivity contribution in [3.8, 4) is 0 Å². The van der Waals surface area contributed by atoms with E-state index in [4.69, 9.17) is 23.2 Å². The van der Waals surface area contributed by atoms with Crippen molar-refractivity contribution >= 4 is 34.8 Å². The molecule has 1 unspecified atom stereocenters. The number of carbonyl (C=O) groups excluding carboxylic acids is 1. The maximum Gasteiger partial charge on any atom is 0.228 e. The molecule has 0 bridgehead atoms. The topological polar surface area (TPSA) is 32.3 Å². The molecule has 1 N–H and O–H groups in total. The first kappa shape index (κ1) is 17.3. The molecule has 1 atom stereocenters. The molecule has 0 radical (unpaired) electrons. The number of hydrogen-bond donors (Lipinski definition) is 1. The minimum absolute atomic E-state index is 0.0137. The standard InChI is InChI=1S/C19H20Cl2N2O/c20-16-9-17(21)11-18(10-16)22-19(24)15-7-4-8-23(13-15)12-14-5-2-1-3-6-14/h1-3,5-6,9-11,15H,4,7-8,12-13H2,(H,22,24). The summed E-state index contributed by atoms with van der Waals surface area (Å²) in [5, 5.41) is 3.98. The molecule has 0 aromatic heterocycles. The van der Waals surface area contributed by atoms with E-state index >= 15 is 0 Å². The Balaban J connectivity index is 1.60. The smallest absolute Gasteiger partial charge is 0.228 e. The Kier molecular flexibility index (Phi) is 5.77. The van der Waals surface area contributed by atoms with E-state index in [1.165, 1.54) is 5.56 Å². The summed E-state index contributed by atoms with van der Waals surface area (Å²) >= 11 is 12.0. The molecule has 1 aliphatic rings. The van der Waals surface area contributed by atoms with Crippen LogP contribution in [0.1, 0.15) is 18.4 Å². The van der Waals surface area contributed by atoms with Crippen molar-refractivity contribution < 1.29 is 4.79 Å². The van der Waals surface area contributed by atoms with Crippen LogP contribution >= 0.6 is 23.2 Å². The Morgan fingerprint density at radius 1 is 1.12 bits per heavy atom. The van der Waals surface area contributed by atoms with Gasteiger partial charge in [0.2, 0.25) is 5.91 Å². The number of nitrogens with zero attached hydrogens (tertiary/aromatic N) is 1. The van der Waals surface area contributed by atoms with E-state index in [-0.39, 0.29) is 11.8 Å². The van der Waals surface area contributed by atoms with Gasteiger partial charge in [0.25, 0.3) is 0 Å². The van der Waals surface area contributed by atoms with Crippen molar-refractivity contribution in [2.45, 2.75) is 19.4 Å². The van der Waals surface area contributed by atoms with Gasteiger partial charge >= 0.3 is 0 Å². The van der Waals surface area contributed by atoms with Gasteiger partial charge in [0.1, 0.15) is 0 Å². The van der Waals surface area contributed by atoms with E-state index in [1.54, 1.807) is 18.2 Å². The van der Waals surface area contributed by atoms with Crippen LogP contribution in [0.4, 0.5) is 5.69 Å². The zero-order valence-corrected chi connectivity index (χ0v) is 14.9. The Hall–Kier alpha value is -1.55. The Bertz CT molecular complexity index is 686. The lowest BCUT2D eigenvalue weighted by Gasteiger charge is -2.32. The molecule has 5 heteroatoms. The lowest BCUT2D eigenvalue weighted by molar-refractivity contribution is -0.121. The zero-order valence-electron chi connectivity index (χ0n) is 13.3. The van der Waals surface area contributed by atoms with Crippen LogP contribution in [0.15, 0.2) is 48.5 Å². The molecule has 24 heavy (non-hydrogen) atoms. The largest absolute Gasteiger partial charge is 0.326 e. The number of hydrogen-bond acceptors (Lipinski definition) is 2. The summed E-state index contributed by atoms with van der Waals surface area (Å²) in [5.41, 5.74) is 1.93. The molecule has 0 spiro atoms. The van der Waals surface area contributed by atoms with Gasteiger partial charge in [-0.25, -0.2) is 0 Å². The summed E-state index contributed by atoms with van der Waals surface area (Å²) in [5.74, 6) is 0.0197. The molecule has 2 aromatic rings. The second kappa shape index (κ2) is 8.02.